The van der Waals surface area contributed by atoms with E-state index in [4.69, 9.17) is 0 Å². The number of rotatable bonds is 6. The Balaban J connectivity index is 2.04. The van der Waals surface area contributed by atoms with Gasteiger partial charge in [-0.25, -0.2) is 8.42 Å². The van der Waals surface area contributed by atoms with Crippen molar-refractivity contribution in [2.24, 2.45) is 11.8 Å². The van der Waals surface area contributed by atoms with Gasteiger partial charge in [0.25, 0.3) is 0 Å². The van der Waals surface area contributed by atoms with E-state index in [0.29, 0.717) is 29.4 Å². The van der Waals surface area contributed by atoms with Gasteiger partial charge < -0.3 is 5.32 Å². The van der Waals surface area contributed by atoms with Gasteiger partial charge >= 0.3 is 0 Å². The lowest BCUT2D eigenvalue weighted by molar-refractivity contribution is 0.333. The summed E-state index contributed by atoms with van der Waals surface area (Å²) in [5, 5.41) is 3.48. The largest absolute Gasteiger partial charge is 0.314 e. The van der Waals surface area contributed by atoms with Crippen molar-refractivity contribution in [2.75, 3.05) is 18.1 Å². The quantitative estimate of drug-likeness (QED) is 0.876. The molecule has 3 nitrogen and oxygen atoms in total. The van der Waals surface area contributed by atoms with E-state index in [1.54, 1.807) is 0 Å². The van der Waals surface area contributed by atoms with Crippen molar-refractivity contribution in [1.29, 1.82) is 0 Å². The van der Waals surface area contributed by atoms with Crippen LogP contribution in [0.2, 0.25) is 0 Å². The van der Waals surface area contributed by atoms with Crippen molar-refractivity contribution < 1.29 is 8.42 Å². The highest BCUT2D eigenvalue weighted by Gasteiger charge is 2.33. The first-order chi connectivity index (χ1) is 9.46. The third kappa shape index (κ3) is 4.60. The maximum absolute atomic E-state index is 11.7. The molecule has 1 N–H and O–H groups in total. The van der Waals surface area contributed by atoms with Crippen LogP contribution in [0.25, 0.3) is 0 Å². The second-order valence-electron chi connectivity index (χ2n) is 6.18. The number of sulfone groups is 1. The van der Waals surface area contributed by atoms with Crippen LogP contribution in [0.15, 0.2) is 30.3 Å². The number of hydrogen-bond donors (Lipinski definition) is 1. The summed E-state index contributed by atoms with van der Waals surface area (Å²) in [6.07, 6.45) is 1.78. The van der Waals surface area contributed by atoms with Crippen molar-refractivity contribution >= 4 is 9.84 Å². The summed E-state index contributed by atoms with van der Waals surface area (Å²) >= 11 is 0. The van der Waals surface area contributed by atoms with Crippen LogP contribution in [-0.4, -0.2) is 32.5 Å². The fraction of sp³-hybridized carbons (Fsp3) is 0.625. The topological polar surface area (TPSA) is 46.2 Å². The molecule has 1 aliphatic heterocycles. The van der Waals surface area contributed by atoms with E-state index in [0.717, 1.165) is 19.4 Å². The van der Waals surface area contributed by atoms with Gasteiger partial charge in [-0.15, -0.1) is 0 Å². The van der Waals surface area contributed by atoms with E-state index in [-0.39, 0.29) is 0 Å². The molecule has 2 atom stereocenters. The highest BCUT2D eigenvalue weighted by molar-refractivity contribution is 7.91. The second kappa shape index (κ2) is 6.72. The van der Waals surface area contributed by atoms with Crippen LogP contribution in [0.5, 0.6) is 0 Å². The molecule has 1 aliphatic rings. The molecule has 20 heavy (non-hydrogen) atoms. The first-order valence-corrected chi connectivity index (χ1v) is 9.26. The van der Waals surface area contributed by atoms with Crippen LogP contribution < -0.4 is 5.32 Å². The van der Waals surface area contributed by atoms with E-state index in [1.807, 2.05) is 18.2 Å². The summed E-state index contributed by atoms with van der Waals surface area (Å²) in [5.41, 5.74) is 1.30. The minimum absolute atomic E-state index is 0.298. The van der Waals surface area contributed by atoms with Crippen LogP contribution in [0.1, 0.15) is 25.8 Å². The Morgan fingerprint density at radius 2 is 1.95 bits per heavy atom. The molecular formula is C16H25NO2S. The zero-order chi connectivity index (χ0) is 14.6. The SMILES string of the molecule is CC(C)NCC(Cc1ccccc1)C1CCS(=O)(=O)C1. The predicted molar refractivity (Wildman–Crippen MR) is 83.5 cm³/mol. The molecule has 1 aromatic carbocycles. The molecule has 0 spiro atoms. The summed E-state index contributed by atoms with van der Waals surface area (Å²) < 4.78 is 23.4. The Morgan fingerprint density at radius 3 is 2.50 bits per heavy atom. The van der Waals surface area contributed by atoms with E-state index in [1.165, 1.54) is 5.56 Å². The Morgan fingerprint density at radius 1 is 1.25 bits per heavy atom. The van der Waals surface area contributed by atoms with E-state index >= 15 is 0 Å². The number of benzene rings is 1. The van der Waals surface area contributed by atoms with Crippen molar-refractivity contribution in [3.8, 4) is 0 Å². The van der Waals surface area contributed by atoms with Gasteiger partial charge in [0.15, 0.2) is 9.84 Å². The van der Waals surface area contributed by atoms with Crippen molar-refractivity contribution in [1.82, 2.24) is 5.32 Å². The Labute approximate surface area is 122 Å². The Kier molecular flexibility index (Phi) is 5.22. The lowest BCUT2D eigenvalue weighted by Crippen LogP contribution is -2.34. The average Bonchev–Trinajstić information content (AvgIpc) is 2.76. The fourth-order valence-corrected chi connectivity index (χ4v) is 4.82. The van der Waals surface area contributed by atoms with Crippen LogP contribution >= 0.6 is 0 Å². The van der Waals surface area contributed by atoms with Crippen molar-refractivity contribution in [3.63, 3.8) is 0 Å². The molecule has 1 saturated heterocycles. The first kappa shape index (κ1) is 15.5. The van der Waals surface area contributed by atoms with E-state index in [2.05, 4.69) is 31.3 Å². The van der Waals surface area contributed by atoms with Crippen LogP contribution in [0.4, 0.5) is 0 Å². The fourth-order valence-electron chi connectivity index (χ4n) is 2.90. The Hall–Kier alpha value is -0.870. The summed E-state index contributed by atoms with van der Waals surface area (Å²) in [7, 11) is -2.80. The normalized spacial score (nSPS) is 23.1. The van der Waals surface area contributed by atoms with Gasteiger partial charge in [-0.3, -0.25) is 0 Å². The highest BCUT2D eigenvalue weighted by atomic mass is 32.2. The molecule has 0 radical (unpaired) electrons. The summed E-state index contributed by atoms with van der Waals surface area (Å²) in [5.74, 6) is 1.43. The van der Waals surface area contributed by atoms with E-state index < -0.39 is 9.84 Å². The van der Waals surface area contributed by atoms with E-state index in [9.17, 15) is 8.42 Å². The zero-order valence-electron chi connectivity index (χ0n) is 12.4. The molecule has 0 aromatic heterocycles. The van der Waals surface area contributed by atoms with Crippen LogP contribution in [-0.2, 0) is 16.3 Å². The minimum atomic E-state index is -2.80. The smallest absolute Gasteiger partial charge is 0.150 e. The molecule has 2 unspecified atom stereocenters. The minimum Gasteiger partial charge on any atom is -0.314 e. The molecule has 0 aliphatic carbocycles. The molecule has 1 heterocycles. The van der Waals surface area contributed by atoms with Gasteiger partial charge in [-0.2, -0.15) is 0 Å². The maximum atomic E-state index is 11.7. The molecule has 112 valence electrons. The monoisotopic (exact) mass is 295 g/mol. The molecule has 2 rings (SSSR count). The third-order valence-electron chi connectivity index (χ3n) is 4.06. The molecule has 0 saturated carbocycles. The zero-order valence-corrected chi connectivity index (χ0v) is 13.2. The van der Waals surface area contributed by atoms with Crippen molar-refractivity contribution in [2.45, 2.75) is 32.7 Å². The third-order valence-corrected chi connectivity index (χ3v) is 5.86. The molecule has 1 aromatic rings. The molecule has 4 heteroatoms. The van der Waals surface area contributed by atoms with Crippen LogP contribution in [0.3, 0.4) is 0 Å². The standard InChI is InChI=1S/C16H25NO2S/c1-13(2)17-11-16(10-14-6-4-3-5-7-14)15-8-9-20(18,19)12-15/h3-7,13,15-17H,8-12H2,1-2H3. The first-order valence-electron chi connectivity index (χ1n) is 7.44. The van der Waals surface area contributed by atoms with Crippen molar-refractivity contribution in [3.05, 3.63) is 35.9 Å². The second-order valence-corrected chi connectivity index (χ2v) is 8.40. The molecule has 0 amide bonds. The van der Waals surface area contributed by atoms with Gasteiger partial charge in [0.2, 0.25) is 0 Å². The Bertz CT molecular complexity index is 511. The van der Waals surface area contributed by atoms with Gasteiger partial charge in [-0.05, 0) is 36.8 Å². The lowest BCUT2D eigenvalue weighted by Gasteiger charge is -2.24. The number of nitrogens with one attached hydrogen (secondary N) is 1. The highest BCUT2D eigenvalue weighted by Crippen LogP contribution is 2.28. The average molecular weight is 295 g/mol. The maximum Gasteiger partial charge on any atom is 0.150 e. The summed E-state index contributed by atoms with van der Waals surface area (Å²) in [4.78, 5) is 0. The van der Waals surface area contributed by atoms with Gasteiger partial charge in [0.1, 0.15) is 0 Å². The predicted octanol–water partition coefficient (Wildman–Crippen LogP) is 2.28. The number of hydrogen-bond acceptors (Lipinski definition) is 3. The molecule has 1 fully saturated rings. The van der Waals surface area contributed by atoms with Gasteiger partial charge in [0.05, 0.1) is 11.5 Å². The van der Waals surface area contributed by atoms with Gasteiger partial charge in [0, 0.05) is 6.04 Å². The summed E-state index contributed by atoms with van der Waals surface area (Å²) in [6, 6.07) is 10.8. The molecular weight excluding hydrogens is 270 g/mol. The van der Waals surface area contributed by atoms with Gasteiger partial charge in [-0.1, -0.05) is 44.2 Å². The summed E-state index contributed by atoms with van der Waals surface area (Å²) in [6.45, 7) is 5.16. The van der Waals surface area contributed by atoms with Crippen LogP contribution in [0, 0.1) is 11.8 Å². The lowest BCUT2D eigenvalue weighted by atomic mass is 9.86. The molecule has 0 bridgehead atoms.